The summed E-state index contributed by atoms with van der Waals surface area (Å²) in [6.07, 6.45) is 1.80. The molecule has 4 nitrogen and oxygen atoms in total. The third-order valence-corrected chi connectivity index (χ3v) is 3.30. The summed E-state index contributed by atoms with van der Waals surface area (Å²) in [4.78, 5) is 23.1. The van der Waals surface area contributed by atoms with Gasteiger partial charge in [0.2, 0.25) is 5.91 Å². The van der Waals surface area contributed by atoms with Crippen molar-refractivity contribution < 1.29 is 14.7 Å². The van der Waals surface area contributed by atoms with Crippen molar-refractivity contribution in [2.24, 2.45) is 5.92 Å². The maximum atomic E-state index is 12.0. The van der Waals surface area contributed by atoms with Gasteiger partial charge in [0, 0.05) is 5.92 Å². The number of carboxylic acid groups (broad SMARTS) is 1. The molecule has 2 atom stereocenters. The number of hydrogen-bond acceptors (Lipinski definition) is 2. The molecule has 2 unspecified atom stereocenters. The monoisotopic (exact) mass is 277 g/mol. The topological polar surface area (TPSA) is 66.4 Å². The van der Waals surface area contributed by atoms with Gasteiger partial charge in [-0.1, -0.05) is 50.1 Å². The third kappa shape index (κ3) is 5.03. The van der Waals surface area contributed by atoms with E-state index >= 15 is 0 Å². The van der Waals surface area contributed by atoms with Gasteiger partial charge in [-0.3, -0.25) is 4.79 Å². The summed E-state index contributed by atoms with van der Waals surface area (Å²) in [5.74, 6) is -1.41. The highest BCUT2D eigenvalue weighted by molar-refractivity contribution is 5.84. The molecule has 0 aliphatic rings. The zero-order chi connectivity index (χ0) is 15.1. The molecule has 0 aliphatic carbocycles. The first-order valence-corrected chi connectivity index (χ1v) is 7.02. The van der Waals surface area contributed by atoms with Crippen molar-refractivity contribution in [1.29, 1.82) is 0 Å². The highest BCUT2D eigenvalue weighted by Gasteiger charge is 2.22. The van der Waals surface area contributed by atoms with E-state index in [1.54, 1.807) is 0 Å². The molecule has 0 radical (unpaired) electrons. The SMILES string of the molecule is CCCC(NC(=O)C(C)Cc1ccc(C)cc1)C(=O)O. The smallest absolute Gasteiger partial charge is 0.326 e. The first kappa shape index (κ1) is 16.2. The van der Waals surface area contributed by atoms with Crippen LogP contribution in [0.2, 0.25) is 0 Å². The van der Waals surface area contributed by atoms with Gasteiger partial charge in [-0.2, -0.15) is 0 Å². The quantitative estimate of drug-likeness (QED) is 0.805. The zero-order valence-electron chi connectivity index (χ0n) is 12.3. The predicted molar refractivity (Wildman–Crippen MR) is 78.5 cm³/mol. The van der Waals surface area contributed by atoms with Crippen LogP contribution in [0.1, 0.15) is 37.8 Å². The minimum absolute atomic E-state index is 0.202. The van der Waals surface area contributed by atoms with Crippen LogP contribution in [0.5, 0.6) is 0 Å². The molecule has 0 aromatic heterocycles. The Labute approximate surface area is 120 Å². The number of nitrogens with one attached hydrogen (secondary N) is 1. The van der Waals surface area contributed by atoms with Gasteiger partial charge >= 0.3 is 5.97 Å². The predicted octanol–water partition coefficient (Wildman–Crippen LogP) is 2.54. The molecule has 0 heterocycles. The largest absolute Gasteiger partial charge is 0.480 e. The van der Waals surface area contributed by atoms with Gasteiger partial charge < -0.3 is 10.4 Å². The fraction of sp³-hybridized carbons (Fsp3) is 0.500. The summed E-state index contributed by atoms with van der Waals surface area (Å²) in [5, 5.41) is 11.7. The highest BCUT2D eigenvalue weighted by atomic mass is 16.4. The molecule has 1 rings (SSSR count). The maximum Gasteiger partial charge on any atom is 0.326 e. The van der Waals surface area contributed by atoms with Crippen LogP contribution < -0.4 is 5.32 Å². The first-order chi connectivity index (χ1) is 9.43. The Hall–Kier alpha value is -1.84. The van der Waals surface area contributed by atoms with Gasteiger partial charge in [0.15, 0.2) is 0 Å². The summed E-state index contributed by atoms with van der Waals surface area (Å²) in [7, 11) is 0. The summed E-state index contributed by atoms with van der Waals surface area (Å²) in [6.45, 7) is 5.74. The standard InChI is InChI=1S/C16H23NO3/c1-4-5-14(16(19)20)17-15(18)12(3)10-13-8-6-11(2)7-9-13/h6-9,12,14H,4-5,10H2,1-3H3,(H,17,18)(H,19,20). The Kier molecular flexibility index (Phi) is 6.22. The van der Waals surface area contributed by atoms with Crippen LogP contribution in [-0.2, 0) is 16.0 Å². The lowest BCUT2D eigenvalue weighted by molar-refractivity contribution is -0.142. The Morgan fingerprint density at radius 2 is 1.85 bits per heavy atom. The molecule has 0 bridgehead atoms. The molecular formula is C16H23NO3. The van der Waals surface area contributed by atoms with Crippen molar-refractivity contribution in [2.75, 3.05) is 0 Å². The number of amides is 1. The summed E-state index contributed by atoms with van der Waals surface area (Å²) in [6, 6.07) is 7.24. The first-order valence-electron chi connectivity index (χ1n) is 7.02. The van der Waals surface area contributed by atoms with Crippen LogP contribution in [-0.4, -0.2) is 23.0 Å². The van der Waals surface area contributed by atoms with Crippen molar-refractivity contribution in [3.05, 3.63) is 35.4 Å². The number of aliphatic carboxylic acids is 1. The Balaban J connectivity index is 2.57. The third-order valence-electron chi connectivity index (χ3n) is 3.30. The maximum absolute atomic E-state index is 12.0. The molecule has 1 aromatic rings. The molecule has 0 spiro atoms. The van der Waals surface area contributed by atoms with Crippen molar-refractivity contribution >= 4 is 11.9 Å². The molecule has 4 heteroatoms. The second kappa shape index (κ2) is 7.68. The minimum atomic E-state index is -0.970. The number of carboxylic acids is 1. The number of hydrogen-bond donors (Lipinski definition) is 2. The average Bonchev–Trinajstić information content (AvgIpc) is 2.40. The normalized spacial score (nSPS) is 13.6. The fourth-order valence-electron chi connectivity index (χ4n) is 2.03. The van der Waals surface area contributed by atoms with Crippen molar-refractivity contribution in [3.63, 3.8) is 0 Å². The Morgan fingerprint density at radius 3 is 2.35 bits per heavy atom. The number of aryl methyl sites for hydroxylation is 1. The van der Waals surface area contributed by atoms with Gasteiger partial charge in [0.05, 0.1) is 0 Å². The summed E-state index contributed by atoms with van der Waals surface area (Å²) in [5.41, 5.74) is 2.26. The number of benzene rings is 1. The van der Waals surface area contributed by atoms with Gasteiger partial charge in [-0.25, -0.2) is 4.79 Å². The highest BCUT2D eigenvalue weighted by Crippen LogP contribution is 2.11. The lowest BCUT2D eigenvalue weighted by Crippen LogP contribution is -2.43. The van der Waals surface area contributed by atoms with E-state index in [2.05, 4.69) is 5.32 Å². The molecular weight excluding hydrogens is 254 g/mol. The van der Waals surface area contributed by atoms with Crippen molar-refractivity contribution in [2.45, 2.75) is 46.1 Å². The van der Waals surface area contributed by atoms with E-state index in [1.165, 1.54) is 5.56 Å². The second-order valence-corrected chi connectivity index (χ2v) is 5.28. The fourth-order valence-corrected chi connectivity index (χ4v) is 2.03. The summed E-state index contributed by atoms with van der Waals surface area (Å²) >= 11 is 0. The number of carbonyl (C=O) groups is 2. The van der Waals surface area contributed by atoms with Gasteiger partial charge in [-0.15, -0.1) is 0 Å². The van der Waals surface area contributed by atoms with Crippen LogP contribution >= 0.6 is 0 Å². The van der Waals surface area contributed by atoms with Crippen LogP contribution in [0.25, 0.3) is 0 Å². The van der Waals surface area contributed by atoms with E-state index < -0.39 is 12.0 Å². The molecule has 20 heavy (non-hydrogen) atoms. The van der Waals surface area contributed by atoms with Gasteiger partial charge in [-0.05, 0) is 25.3 Å². The molecule has 1 aromatic carbocycles. The van der Waals surface area contributed by atoms with E-state index in [4.69, 9.17) is 5.11 Å². The van der Waals surface area contributed by atoms with Gasteiger partial charge in [0.25, 0.3) is 0 Å². The van der Waals surface area contributed by atoms with E-state index in [0.717, 1.165) is 12.0 Å². The lowest BCUT2D eigenvalue weighted by Gasteiger charge is -2.17. The van der Waals surface area contributed by atoms with Crippen LogP contribution in [0.15, 0.2) is 24.3 Å². The Bertz CT molecular complexity index is 453. The summed E-state index contributed by atoms with van der Waals surface area (Å²) < 4.78 is 0. The minimum Gasteiger partial charge on any atom is -0.480 e. The molecule has 0 saturated carbocycles. The molecule has 110 valence electrons. The van der Waals surface area contributed by atoms with Crippen molar-refractivity contribution in [3.8, 4) is 0 Å². The number of rotatable bonds is 7. The van der Waals surface area contributed by atoms with Gasteiger partial charge in [0.1, 0.15) is 6.04 Å². The van der Waals surface area contributed by atoms with E-state index in [0.29, 0.717) is 12.8 Å². The van der Waals surface area contributed by atoms with E-state index in [9.17, 15) is 9.59 Å². The molecule has 0 fully saturated rings. The molecule has 0 aliphatic heterocycles. The molecule has 1 amide bonds. The van der Waals surface area contributed by atoms with Crippen LogP contribution in [0.4, 0.5) is 0 Å². The van der Waals surface area contributed by atoms with E-state index in [-0.39, 0.29) is 11.8 Å². The second-order valence-electron chi connectivity index (χ2n) is 5.28. The zero-order valence-corrected chi connectivity index (χ0v) is 12.3. The van der Waals surface area contributed by atoms with E-state index in [1.807, 2.05) is 45.0 Å². The Morgan fingerprint density at radius 1 is 1.25 bits per heavy atom. The average molecular weight is 277 g/mol. The molecule has 2 N–H and O–H groups in total. The van der Waals surface area contributed by atoms with Crippen LogP contribution in [0, 0.1) is 12.8 Å². The van der Waals surface area contributed by atoms with Crippen molar-refractivity contribution in [1.82, 2.24) is 5.32 Å². The molecule has 0 saturated heterocycles. The number of carbonyl (C=O) groups excluding carboxylic acids is 1. The van der Waals surface area contributed by atoms with Crippen LogP contribution in [0.3, 0.4) is 0 Å². The lowest BCUT2D eigenvalue weighted by atomic mass is 9.99.